The number of aromatic nitrogens is 10. The Morgan fingerprint density at radius 1 is 0.434 bits per heavy atom. The molecule has 0 bridgehead atoms. The Morgan fingerprint density at radius 2 is 0.772 bits per heavy atom. The molecule has 9 saturated heterocycles. The van der Waals surface area contributed by atoms with Crippen LogP contribution in [0.4, 0.5) is 11.6 Å². The van der Waals surface area contributed by atoms with E-state index >= 15 is 0 Å². The second kappa shape index (κ2) is 41.8. The van der Waals surface area contributed by atoms with Crippen LogP contribution in [0.5, 0.6) is 0 Å². The van der Waals surface area contributed by atoms with Crippen molar-refractivity contribution in [2.75, 3.05) is 30.3 Å². The van der Waals surface area contributed by atoms with Crippen LogP contribution in [-0.4, -0.2) is 183 Å². The molecule has 3 N–H and O–H groups in total. The van der Waals surface area contributed by atoms with Gasteiger partial charge >= 0.3 is 5.69 Å². The smallest absolute Gasteiger partial charge is 0.330 e. The second-order valence-corrected chi connectivity index (χ2v) is 49.7. The van der Waals surface area contributed by atoms with E-state index < -0.39 is 53.6 Å². The number of rotatable bonds is 27. The number of nitrogens with one attached hydrogen (secondary N) is 3. The highest BCUT2D eigenvalue weighted by Crippen LogP contribution is 2.63. The second-order valence-electron chi connectivity index (χ2n) is 37.0. The number of aromatic amines is 1. The fourth-order valence-electron chi connectivity index (χ4n) is 21.4. The average molecular weight is 1920 g/mol. The van der Waals surface area contributed by atoms with E-state index in [9.17, 15) is 19.2 Å². The Morgan fingerprint density at radius 3 is 1.15 bits per heavy atom. The van der Waals surface area contributed by atoms with Gasteiger partial charge < -0.3 is 52.0 Å². The lowest BCUT2D eigenvalue weighted by Crippen LogP contribution is -2.58. The largest absolute Gasteiger partial charge is 0.352 e. The standard InChI is InChI=1S/2C37H41N6O4PSi.C29H34N3O5P/c2*1-3-30-31(22-33(45-30)42-25-40-34-35(38-24-39-36(34)42)41-37(44)26-14-7-4-8-15-26)46-48-43-21-13-20-29(43)32(47-48)23-49(2,27-16-9-5-10-17-27)28-18-11-6-12-19-28;1-3-23-24(17-25(35-23)31-18-19(2)28(33)30-29(31)34)36-38-32-16-10-15-22(32)27(37-38)26(20-11-6-4-7-12-20)21-13-8-5-9-14-21/h2*4-12,14-19,24-25,29-33H,3,13,20-23H2,1-2H3,(H,38,39,41,44);4-9,11-14,18,22-27H,3,10,15-17H2,1-2H3,(H,30,33,34)/t29-,30+,31+,32+,33+,48+;29-,30-,31-,32+,33-,48-;22-,23+,24+,25+,27-,38-/m010/s1. The van der Waals surface area contributed by atoms with Crippen molar-refractivity contribution < 1.29 is 50.9 Å². The number of aryl methyl sites for hydroxylation is 1. The molecule has 33 heteroatoms. The van der Waals surface area contributed by atoms with Gasteiger partial charge in [0.15, 0.2) is 34.0 Å². The predicted octanol–water partition coefficient (Wildman–Crippen LogP) is 17.1. The summed E-state index contributed by atoms with van der Waals surface area (Å²) in [6.07, 6.45) is 17.1. The van der Waals surface area contributed by atoms with Crippen LogP contribution in [-0.2, 0) is 41.4 Å². The molecule has 5 aromatic heterocycles. The number of benzene rings is 8. The van der Waals surface area contributed by atoms with Gasteiger partial charge in [-0.1, -0.05) is 273 Å². The zero-order valence-electron chi connectivity index (χ0n) is 77.3. The van der Waals surface area contributed by atoms with Gasteiger partial charge in [-0.2, -0.15) is 0 Å². The Balaban J connectivity index is 0.000000127. The van der Waals surface area contributed by atoms with Gasteiger partial charge in [-0.05, 0) is 112 Å². The van der Waals surface area contributed by atoms with Gasteiger partial charge in [0.2, 0.25) is 0 Å². The number of hydrogen-bond donors (Lipinski definition) is 3. The molecule has 0 unspecified atom stereocenters. The fraction of sp³-hybridized carbons (Fsp3) is 0.379. The van der Waals surface area contributed by atoms with E-state index in [2.05, 4.69) is 275 Å². The number of amides is 2. The highest BCUT2D eigenvalue weighted by atomic mass is 31.2. The van der Waals surface area contributed by atoms with Gasteiger partial charge in [-0.3, -0.25) is 33.1 Å². The van der Waals surface area contributed by atoms with Gasteiger partial charge in [0.25, 0.3) is 43.0 Å². The first-order valence-corrected chi connectivity index (χ1v) is 56.8. The number of nitrogens with zero attached hydrogens (tertiary/aromatic N) is 12. The quantitative estimate of drug-likeness (QED) is 0.0318. The molecule has 0 aliphatic carbocycles. The minimum Gasteiger partial charge on any atom is -0.352 e. The van der Waals surface area contributed by atoms with Crippen molar-refractivity contribution in [1.82, 2.24) is 62.6 Å². The number of hydrogen-bond acceptors (Lipinski definition) is 22. The Kier molecular flexibility index (Phi) is 28.7. The molecule has 9 fully saturated rings. The molecule has 8 aromatic carbocycles. The number of anilines is 2. The van der Waals surface area contributed by atoms with E-state index in [0.717, 1.165) is 89.5 Å². The molecule has 28 nitrogen and oxygen atoms in total. The predicted molar refractivity (Wildman–Crippen MR) is 533 cm³/mol. The highest BCUT2D eigenvalue weighted by Gasteiger charge is 2.56. The summed E-state index contributed by atoms with van der Waals surface area (Å²) in [4.78, 5) is 79.5. The summed E-state index contributed by atoms with van der Waals surface area (Å²) in [6, 6.07) is 86.5. The fourth-order valence-corrected chi connectivity index (χ4v) is 35.3. The van der Waals surface area contributed by atoms with Crippen molar-refractivity contribution in [3.05, 3.63) is 323 Å². The normalized spacial score (nSPS) is 26.6. The third-order valence-corrected chi connectivity index (χ3v) is 42.9. The van der Waals surface area contributed by atoms with Gasteiger partial charge in [-0.15, -0.1) is 0 Å². The summed E-state index contributed by atoms with van der Waals surface area (Å²) in [5.74, 6) is 0.340. The summed E-state index contributed by atoms with van der Waals surface area (Å²) in [5.41, 5.74) is 5.47. The molecule has 9 aliphatic heterocycles. The Bertz CT molecular complexity index is 5970. The maximum absolute atomic E-state index is 12.9. The molecule has 704 valence electrons. The van der Waals surface area contributed by atoms with Gasteiger partial charge in [0, 0.05) is 85.8 Å². The van der Waals surface area contributed by atoms with Crippen LogP contribution in [0, 0.1) is 6.92 Å². The zero-order chi connectivity index (χ0) is 93.0. The number of imidazole rings is 2. The van der Waals surface area contributed by atoms with Crippen LogP contribution in [0.25, 0.3) is 22.3 Å². The van der Waals surface area contributed by atoms with Crippen molar-refractivity contribution in [1.29, 1.82) is 0 Å². The van der Waals surface area contributed by atoms with Gasteiger partial charge in [-0.25, -0.2) is 48.7 Å². The first-order valence-electron chi connectivity index (χ1n) is 48.0. The first-order chi connectivity index (χ1) is 66.6. The Hall–Kier alpha value is -10.3. The first kappa shape index (κ1) is 93.4. The van der Waals surface area contributed by atoms with Crippen LogP contribution in [0.1, 0.15) is 160 Å². The Labute approximate surface area is 797 Å². The third kappa shape index (κ3) is 19.4. The van der Waals surface area contributed by atoms with Gasteiger partial charge in [0.05, 0.1) is 67.6 Å². The number of fused-ring (bicyclic) bond motifs is 5. The number of ether oxygens (including phenoxy) is 3. The minimum atomic E-state index is -2.10. The molecule has 14 heterocycles. The number of H-pyrrole nitrogens is 1. The van der Waals surface area contributed by atoms with Crippen LogP contribution >= 0.6 is 25.6 Å². The van der Waals surface area contributed by atoms with Crippen LogP contribution in [0.2, 0.25) is 25.2 Å². The molecule has 9 aliphatic rings. The topological polar surface area (TPSA) is 293 Å². The highest BCUT2D eigenvalue weighted by molar-refractivity contribution is 7.45. The summed E-state index contributed by atoms with van der Waals surface area (Å²) >= 11 is 0. The maximum atomic E-state index is 12.9. The molecule has 136 heavy (non-hydrogen) atoms. The maximum Gasteiger partial charge on any atom is 0.330 e. The van der Waals surface area contributed by atoms with Gasteiger partial charge in [0.1, 0.15) is 47.5 Å². The number of carbonyl (C=O) groups is 2. The van der Waals surface area contributed by atoms with Crippen molar-refractivity contribution in [3.8, 4) is 0 Å². The van der Waals surface area contributed by atoms with E-state index in [4.69, 9.17) is 41.4 Å². The lowest BCUT2D eigenvalue weighted by atomic mass is 9.83. The third-order valence-electron chi connectivity index (χ3n) is 28.6. The number of carbonyl (C=O) groups excluding carboxylic acids is 2. The summed E-state index contributed by atoms with van der Waals surface area (Å²) in [5, 5.41) is 11.5. The SMILES string of the molecule is CC[C@H]1O[C@@H](n2cc(C)c(=O)[nH]c2=O)C[C@H]1O[P@@]1O[C@H](C(c2ccccc2)c2ccccc2)[C@@H]2CCCN21.CC[C@H]1O[C@@H](n2cnc3c(NC(=O)c4ccccc4)ncnc32)C[C@H]1O[P@]1O[C@@H](C[Si](C)(c2ccccc2)c2ccccc2)[C@H]2CCCN21.CC[C@H]1O[C@@H](n2cnc3c(NC(=O)c4ccccc4)ncnc32)C[C@H]1O[P@]1O[C@H](C[Si](C)(c2ccccc2)c2ccccc2)[C@@H]2CCCN21. The van der Waals surface area contributed by atoms with Crippen LogP contribution < -0.4 is 42.6 Å². The summed E-state index contributed by atoms with van der Waals surface area (Å²) in [7, 11) is -7.94. The zero-order valence-corrected chi connectivity index (χ0v) is 81.9. The van der Waals surface area contributed by atoms with Crippen LogP contribution in [0.15, 0.2) is 284 Å². The molecular weight excluding hydrogens is 1800 g/mol. The molecule has 13 aromatic rings. The molecule has 2 amide bonds. The molecule has 0 radical (unpaired) electrons. The molecule has 0 spiro atoms. The van der Waals surface area contributed by atoms with Crippen molar-refractivity contribution in [2.24, 2.45) is 0 Å². The van der Waals surface area contributed by atoms with Crippen molar-refractivity contribution in [3.63, 3.8) is 0 Å². The van der Waals surface area contributed by atoms with E-state index in [-0.39, 0.29) is 96.7 Å². The monoisotopic (exact) mass is 1920 g/mol. The average Bonchev–Trinajstić information content (AvgIpc) is 1.61. The van der Waals surface area contributed by atoms with E-state index in [1.165, 1.54) is 49.1 Å². The van der Waals surface area contributed by atoms with Crippen molar-refractivity contribution in [2.45, 2.75) is 228 Å². The molecule has 18 atom stereocenters. The van der Waals surface area contributed by atoms with Crippen molar-refractivity contribution >= 4 is 108 Å². The molecule has 22 rings (SSSR count). The minimum absolute atomic E-state index is 0.0175. The van der Waals surface area contributed by atoms with Crippen LogP contribution in [0.3, 0.4) is 0 Å². The summed E-state index contributed by atoms with van der Waals surface area (Å²) < 4.78 is 73.7. The molecule has 0 saturated carbocycles. The molecular formula is C103H116N15O13P3Si2. The lowest BCUT2D eigenvalue weighted by Gasteiger charge is -2.32. The summed E-state index contributed by atoms with van der Waals surface area (Å²) in [6.45, 7) is 15.9. The van der Waals surface area contributed by atoms with E-state index in [1.807, 2.05) is 45.5 Å². The van der Waals surface area contributed by atoms with E-state index in [0.29, 0.717) is 82.0 Å². The lowest BCUT2D eigenvalue weighted by molar-refractivity contribution is -0.0190. The van der Waals surface area contributed by atoms with E-state index in [1.54, 1.807) is 50.0 Å².